The average Bonchev–Trinajstić information content (AvgIpc) is 1.60. The van der Waals surface area contributed by atoms with Crippen LogP contribution in [0.4, 0.5) is 9.59 Å². The number of pyridine rings is 2. The SMILES string of the molecule is Cc1cc(S(=O)(=O)N2CC[C@H](COc3ccnc(CNC(=O)NCCCCNC(=O)NCc4cc(OC[C@H]5CCN(S(=O)(=O)c6ccc(O[C@H]7c8cc(Cl)cc(Cl)c8C[C@@H]7N(C)C)c(C)c6)C5)ccn4)c3)C2)ccc1O[C@H]1c2cc(Cl)cc(Cl)c2C[C@@H]1N(C)C. The first-order chi connectivity index (χ1) is 43.0. The van der Waals surface area contributed by atoms with Gasteiger partial charge in [-0.3, -0.25) is 9.97 Å². The van der Waals surface area contributed by atoms with Crippen molar-refractivity contribution in [1.29, 1.82) is 0 Å². The van der Waals surface area contributed by atoms with Crippen molar-refractivity contribution in [2.45, 2.75) is 99.5 Å². The number of unbranched alkanes of at least 4 members (excludes halogenated alkanes) is 1. The van der Waals surface area contributed by atoms with Gasteiger partial charge in [0.2, 0.25) is 20.0 Å². The summed E-state index contributed by atoms with van der Waals surface area (Å²) in [5, 5.41) is 13.5. The number of hydrogen-bond acceptors (Lipinski definition) is 14. The molecule has 2 fully saturated rings. The van der Waals surface area contributed by atoms with Gasteiger partial charge in [0.05, 0.1) is 59.6 Å². The van der Waals surface area contributed by atoms with Crippen molar-refractivity contribution in [3.63, 3.8) is 0 Å². The van der Waals surface area contributed by atoms with Crippen LogP contribution in [-0.2, 0) is 46.0 Å². The standard InChI is InChI=1S/C64H76Cl4N10O10S2/c1-39-23-49(9-11-59(39)87-61-53-25-43(65)27-55(67)51(53)31-57(61)75(3)4)89(81,82)77-21-15-41(35-77)37-85-47-13-19-69-45(29-47)33-73-63(79)71-17-7-8-18-72-64(80)74-34-46-30-48(14-20-70-46)86-38-42-16-22-78(36-42)90(83,84)50-10-12-60(40(2)24-50)88-62-54-26-44(66)28-56(68)52(54)32-58(62)76(5)6/h9-14,19-20,23-30,41-42,57-58,61-62H,7-8,15-18,21-22,31-38H2,1-6H3,(H2,71,73,79)(H2,72,74,80)/t41-,42-,57-,58-,61-,62-/m0/s1. The molecule has 4 heterocycles. The molecule has 6 aromatic rings. The van der Waals surface area contributed by atoms with Gasteiger partial charge in [0.25, 0.3) is 0 Å². The molecular weight excluding hydrogens is 1270 g/mol. The zero-order valence-corrected chi connectivity index (χ0v) is 55.8. The molecule has 4 aliphatic rings. The molecule has 10 rings (SSSR count). The van der Waals surface area contributed by atoms with Crippen molar-refractivity contribution < 1.29 is 45.4 Å². The molecule has 0 saturated carbocycles. The molecule has 90 heavy (non-hydrogen) atoms. The number of nitrogens with zero attached hydrogens (tertiary/aromatic N) is 6. The third-order valence-corrected chi connectivity index (χ3v) is 21.8. The minimum Gasteiger partial charge on any atom is -0.493 e. The van der Waals surface area contributed by atoms with E-state index in [4.69, 9.17) is 65.4 Å². The van der Waals surface area contributed by atoms with Gasteiger partial charge in [-0.15, -0.1) is 0 Å². The Balaban J connectivity index is 0.583. The molecule has 2 saturated heterocycles. The summed E-state index contributed by atoms with van der Waals surface area (Å²) in [5.41, 5.74) is 6.42. The van der Waals surface area contributed by atoms with Crippen LogP contribution >= 0.6 is 46.4 Å². The van der Waals surface area contributed by atoms with Crippen LogP contribution in [0.15, 0.2) is 107 Å². The maximum absolute atomic E-state index is 13.9. The van der Waals surface area contributed by atoms with Gasteiger partial charge in [-0.05, 0) is 176 Å². The van der Waals surface area contributed by atoms with Gasteiger partial charge < -0.3 is 50.0 Å². The van der Waals surface area contributed by atoms with E-state index in [1.165, 1.54) is 8.61 Å². The number of urea groups is 2. The zero-order valence-electron chi connectivity index (χ0n) is 51.1. The Morgan fingerprint density at radius 3 is 1.37 bits per heavy atom. The third kappa shape index (κ3) is 16.0. The number of fused-ring (bicyclic) bond motifs is 2. The second-order valence-corrected chi connectivity index (χ2v) is 29.4. The number of carbonyl (C=O) groups is 2. The quantitative estimate of drug-likeness (QED) is 0.0391. The molecule has 4 N–H and O–H groups in total. The lowest BCUT2D eigenvalue weighted by atomic mass is 10.1. The summed E-state index contributed by atoms with van der Waals surface area (Å²) in [7, 11) is 0.385. The molecule has 0 radical (unpaired) electrons. The first-order valence-corrected chi connectivity index (χ1v) is 34.4. The molecule has 20 nitrogen and oxygen atoms in total. The lowest BCUT2D eigenvalue weighted by Crippen LogP contribution is -2.37. The maximum atomic E-state index is 13.9. The van der Waals surface area contributed by atoms with Crippen molar-refractivity contribution in [2.75, 3.05) is 80.7 Å². The first kappa shape index (κ1) is 66.7. The number of rotatable bonds is 25. The molecule has 2 aromatic heterocycles. The summed E-state index contributed by atoms with van der Waals surface area (Å²) in [6.45, 7) is 6.71. The summed E-state index contributed by atoms with van der Waals surface area (Å²) < 4.78 is 83.9. The minimum absolute atomic E-state index is 0.0112. The minimum atomic E-state index is -3.79. The number of nitrogens with one attached hydrogen (secondary N) is 4. The van der Waals surface area contributed by atoms with Crippen LogP contribution in [0.25, 0.3) is 0 Å². The largest absolute Gasteiger partial charge is 0.493 e. The maximum Gasteiger partial charge on any atom is 0.315 e. The third-order valence-electron chi connectivity index (χ3n) is 17.0. The van der Waals surface area contributed by atoms with Crippen LogP contribution in [0.5, 0.6) is 23.0 Å². The van der Waals surface area contributed by atoms with Crippen LogP contribution in [0.1, 0.15) is 82.7 Å². The van der Waals surface area contributed by atoms with E-state index in [0.717, 1.165) is 22.3 Å². The summed E-state index contributed by atoms with van der Waals surface area (Å²) >= 11 is 25.9. The van der Waals surface area contributed by atoms with E-state index >= 15 is 0 Å². The highest BCUT2D eigenvalue weighted by atomic mass is 35.5. The van der Waals surface area contributed by atoms with Crippen molar-refractivity contribution in [3.05, 3.63) is 162 Å². The highest BCUT2D eigenvalue weighted by molar-refractivity contribution is 7.89. The Labute approximate surface area is 547 Å². The van der Waals surface area contributed by atoms with E-state index in [-0.39, 0.29) is 71.1 Å². The Kier molecular flexibility index (Phi) is 21.6. The van der Waals surface area contributed by atoms with Crippen molar-refractivity contribution in [1.82, 2.24) is 49.6 Å². The highest BCUT2D eigenvalue weighted by Gasteiger charge is 2.41. The Morgan fingerprint density at radius 1 is 0.567 bits per heavy atom. The van der Waals surface area contributed by atoms with E-state index in [1.54, 1.807) is 85.2 Å². The molecule has 2 aliphatic carbocycles. The van der Waals surface area contributed by atoms with E-state index in [0.29, 0.717) is 157 Å². The number of sulfonamides is 2. The van der Waals surface area contributed by atoms with Crippen molar-refractivity contribution in [3.8, 4) is 23.0 Å². The van der Waals surface area contributed by atoms with E-state index in [2.05, 4.69) is 41.0 Å². The number of benzene rings is 4. The van der Waals surface area contributed by atoms with Gasteiger partial charge in [-0.25, -0.2) is 26.4 Å². The number of halogens is 4. The van der Waals surface area contributed by atoms with E-state index in [1.807, 2.05) is 54.2 Å². The molecule has 482 valence electrons. The lowest BCUT2D eigenvalue weighted by Gasteiger charge is -2.28. The van der Waals surface area contributed by atoms with E-state index in [9.17, 15) is 26.4 Å². The monoisotopic (exact) mass is 1350 g/mol. The molecule has 4 amide bonds. The summed E-state index contributed by atoms with van der Waals surface area (Å²) in [5.74, 6) is 2.21. The van der Waals surface area contributed by atoms with Crippen LogP contribution < -0.4 is 40.2 Å². The average molecular weight is 1350 g/mol. The molecule has 0 bridgehead atoms. The fourth-order valence-electron chi connectivity index (χ4n) is 12.0. The Morgan fingerprint density at radius 2 is 0.978 bits per heavy atom. The molecule has 6 atom stereocenters. The zero-order chi connectivity index (χ0) is 64.0. The van der Waals surface area contributed by atoms with Crippen molar-refractivity contribution in [2.24, 2.45) is 11.8 Å². The molecule has 4 aromatic carbocycles. The lowest BCUT2D eigenvalue weighted by molar-refractivity contribution is 0.110. The summed E-state index contributed by atoms with van der Waals surface area (Å²) in [6, 6.07) is 23.4. The van der Waals surface area contributed by atoms with Gasteiger partial charge in [0.15, 0.2) is 0 Å². The number of amides is 4. The van der Waals surface area contributed by atoms with Crippen molar-refractivity contribution >= 4 is 78.5 Å². The molecule has 26 heteroatoms. The topological polar surface area (TPSA) is 226 Å². The van der Waals surface area contributed by atoms with Crippen LogP contribution in [0, 0.1) is 25.7 Å². The Hall–Kier alpha value is -6.18. The smallest absolute Gasteiger partial charge is 0.315 e. The number of carbonyl (C=O) groups excluding carboxylic acids is 2. The fourth-order valence-corrected chi connectivity index (χ4v) is 16.4. The molecule has 2 aliphatic heterocycles. The van der Waals surface area contributed by atoms with E-state index < -0.39 is 20.0 Å². The second kappa shape index (κ2) is 29.2. The van der Waals surface area contributed by atoms with Gasteiger partial charge in [-0.2, -0.15) is 8.61 Å². The van der Waals surface area contributed by atoms with Gasteiger partial charge in [0.1, 0.15) is 35.2 Å². The first-order valence-electron chi connectivity index (χ1n) is 30.0. The van der Waals surface area contributed by atoms with Crippen LogP contribution in [0.3, 0.4) is 0 Å². The fraction of sp³-hybridized carbons (Fsp3) is 0.438. The molecule has 0 unspecified atom stereocenters. The predicted molar refractivity (Wildman–Crippen MR) is 347 cm³/mol. The number of ether oxygens (including phenoxy) is 4. The summed E-state index contributed by atoms with van der Waals surface area (Å²) in [6.07, 6.45) is 6.42. The summed E-state index contributed by atoms with van der Waals surface area (Å²) in [4.78, 5) is 38.6. The number of hydrogen-bond donors (Lipinski definition) is 4. The number of aryl methyl sites for hydroxylation is 2. The normalized spacial score (nSPS) is 20.0. The molecule has 0 spiro atoms. The van der Waals surface area contributed by atoms with Gasteiger partial charge in [0, 0.05) is 107 Å². The predicted octanol–water partition coefficient (Wildman–Crippen LogP) is 10.2. The highest BCUT2D eigenvalue weighted by Crippen LogP contribution is 2.45. The van der Waals surface area contributed by atoms with Gasteiger partial charge in [-0.1, -0.05) is 46.4 Å². The van der Waals surface area contributed by atoms with Crippen LogP contribution in [-0.4, -0.2) is 150 Å². The Bertz CT molecular complexity index is 3590. The number of likely N-dealkylation sites (N-methyl/N-ethyl adjacent to an activating group) is 2. The number of aromatic nitrogens is 2. The van der Waals surface area contributed by atoms with Crippen LogP contribution in [0.2, 0.25) is 20.1 Å². The molecular formula is C64H76Cl4N10O10S2. The van der Waals surface area contributed by atoms with Gasteiger partial charge >= 0.3 is 12.1 Å². The second-order valence-electron chi connectivity index (χ2n) is 23.9.